The highest BCUT2D eigenvalue weighted by molar-refractivity contribution is 6.74. The lowest BCUT2D eigenvalue weighted by Crippen LogP contribution is -2.43. The Morgan fingerprint density at radius 2 is 1.81 bits per heavy atom. The quantitative estimate of drug-likeness (QED) is 0.124. The van der Waals surface area contributed by atoms with Gasteiger partial charge in [-0.3, -0.25) is 4.79 Å². The van der Waals surface area contributed by atoms with E-state index in [2.05, 4.69) is 52.9 Å². The summed E-state index contributed by atoms with van der Waals surface area (Å²) in [5.74, 6) is 0.0000793. The second kappa shape index (κ2) is 13.9. The van der Waals surface area contributed by atoms with Crippen molar-refractivity contribution in [1.82, 2.24) is 0 Å². The van der Waals surface area contributed by atoms with Crippen LogP contribution in [0.25, 0.3) is 0 Å². The molecule has 32 heavy (non-hydrogen) atoms. The molecule has 1 N–H and O–H groups in total. The average Bonchev–Trinajstić information content (AvgIpc) is 2.67. The SMILES string of the molecule is CCCCCCCCC(C=CC1CCCC(O)(CC(=O)OCC)C1)O[Si](C)(C)C(C)(C)C. The zero-order valence-corrected chi connectivity index (χ0v) is 23.2. The van der Waals surface area contributed by atoms with Gasteiger partial charge in [-0.05, 0) is 63.1 Å². The summed E-state index contributed by atoms with van der Waals surface area (Å²) in [6.07, 6.45) is 16.9. The van der Waals surface area contributed by atoms with Crippen LogP contribution in [0.4, 0.5) is 0 Å². The number of rotatable bonds is 14. The summed E-state index contributed by atoms with van der Waals surface area (Å²) < 4.78 is 11.9. The first-order valence-corrected chi connectivity index (χ1v) is 16.1. The summed E-state index contributed by atoms with van der Waals surface area (Å²) in [6.45, 7) is 16.0. The molecule has 0 heterocycles. The Morgan fingerprint density at radius 1 is 1.16 bits per heavy atom. The number of carbonyl (C=O) groups excluding carboxylic acids is 1. The van der Waals surface area contributed by atoms with Gasteiger partial charge in [0.1, 0.15) is 0 Å². The minimum Gasteiger partial charge on any atom is -0.466 e. The number of allylic oxidation sites excluding steroid dienone is 1. The van der Waals surface area contributed by atoms with Crippen LogP contribution < -0.4 is 0 Å². The molecule has 1 rings (SSSR count). The Hall–Kier alpha value is -0.653. The van der Waals surface area contributed by atoms with Crippen molar-refractivity contribution in [3.8, 4) is 0 Å². The minimum absolute atomic E-state index is 0.104. The molecule has 0 saturated heterocycles. The second-order valence-electron chi connectivity index (χ2n) is 11.4. The van der Waals surface area contributed by atoms with Crippen LogP contribution in [0.1, 0.15) is 112 Å². The van der Waals surface area contributed by atoms with Gasteiger partial charge in [0.2, 0.25) is 0 Å². The predicted octanol–water partition coefficient (Wildman–Crippen LogP) is 7.56. The topological polar surface area (TPSA) is 55.8 Å². The molecule has 1 aliphatic rings. The molecule has 0 bridgehead atoms. The van der Waals surface area contributed by atoms with Gasteiger partial charge in [0, 0.05) is 0 Å². The zero-order chi connectivity index (χ0) is 24.3. The van der Waals surface area contributed by atoms with Gasteiger partial charge < -0.3 is 14.3 Å². The average molecular weight is 469 g/mol. The number of unbranched alkanes of at least 4 members (excludes halogenated alkanes) is 5. The molecule has 3 atom stereocenters. The summed E-state index contributed by atoms with van der Waals surface area (Å²) in [5, 5.41) is 11.2. The highest BCUT2D eigenvalue weighted by Gasteiger charge is 2.39. The fourth-order valence-corrected chi connectivity index (χ4v) is 5.65. The maximum atomic E-state index is 11.9. The van der Waals surface area contributed by atoms with Crippen molar-refractivity contribution in [1.29, 1.82) is 0 Å². The van der Waals surface area contributed by atoms with Gasteiger partial charge in [0.25, 0.3) is 0 Å². The lowest BCUT2D eigenvalue weighted by molar-refractivity contribution is -0.150. The summed E-state index contributed by atoms with van der Waals surface area (Å²) in [4.78, 5) is 11.9. The van der Waals surface area contributed by atoms with E-state index >= 15 is 0 Å². The molecule has 1 fully saturated rings. The van der Waals surface area contributed by atoms with Gasteiger partial charge in [-0.25, -0.2) is 0 Å². The molecule has 0 aliphatic heterocycles. The van der Waals surface area contributed by atoms with E-state index < -0.39 is 13.9 Å². The molecule has 1 aliphatic carbocycles. The van der Waals surface area contributed by atoms with Crippen molar-refractivity contribution in [2.45, 2.75) is 142 Å². The number of hydrogen-bond acceptors (Lipinski definition) is 4. The fraction of sp³-hybridized carbons (Fsp3) is 0.889. The van der Waals surface area contributed by atoms with Crippen molar-refractivity contribution in [3.63, 3.8) is 0 Å². The first-order valence-electron chi connectivity index (χ1n) is 13.2. The third kappa shape index (κ3) is 11.0. The Labute approximate surface area is 199 Å². The van der Waals surface area contributed by atoms with Crippen molar-refractivity contribution < 1.29 is 19.1 Å². The van der Waals surface area contributed by atoms with Gasteiger partial charge in [0.15, 0.2) is 8.32 Å². The Kier molecular flexibility index (Phi) is 12.8. The van der Waals surface area contributed by atoms with E-state index in [1.165, 1.54) is 38.5 Å². The second-order valence-corrected chi connectivity index (χ2v) is 16.2. The summed E-state index contributed by atoms with van der Waals surface area (Å²) in [7, 11) is -1.86. The Balaban J connectivity index is 2.75. The zero-order valence-electron chi connectivity index (χ0n) is 22.2. The normalized spacial score (nSPS) is 23.4. The number of ether oxygens (including phenoxy) is 1. The van der Waals surface area contributed by atoms with E-state index in [1.807, 2.05) is 0 Å². The van der Waals surface area contributed by atoms with Gasteiger partial charge in [-0.15, -0.1) is 0 Å². The van der Waals surface area contributed by atoms with E-state index in [0.29, 0.717) is 25.4 Å². The first kappa shape index (κ1) is 29.4. The largest absolute Gasteiger partial charge is 0.466 e. The molecule has 1 saturated carbocycles. The van der Waals surface area contributed by atoms with Crippen molar-refractivity contribution in [2.75, 3.05) is 6.61 Å². The van der Waals surface area contributed by atoms with Crippen LogP contribution in [0, 0.1) is 5.92 Å². The standard InChI is InChI=1S/C27H52O4Si/c1-8-10-11-12-13-14-17-24(31-32(6,7)26(3,4)5)19-18-23-16-15-20-27(29,21-23)22-25(28)30-9-2/h18-19,23-24,29H,8-17,20-22H2,1-7H3. The molecule has 0 aromatic heterocycles. The van der Waals surface area contributed by atoms with Crippen LogP contribution in [0.3, 0.4) is 0 Å². The van der Waals surface area contributed by atoms with E-state index in [1.54, 1.807) is 6.92 Å². The van der Waals surface area contributed by atoms with Crippen molar-refractivity contribution in [3.05, 3.63) is 12.2 Å². The molecule has 188 valence electrons. The van der Waals surface area contributed by atoms with E-state index in [0.717, 1.165) is 19.3 Å². The molecule has 0 aromatic carbocycles. The van der Waals surface area contributed by atoms with Crippen molar-refractivity contribution in [2.24, 2.45) is 5.92 Å². The van der Waals surface area contributed by atoms with Crippen LogP contribution in [-0.2, 0) is 14.0 Å². The molecule has 3 unspecified atom stereocenters. The van der Waals surface area contributed by atoms with Crippen LogP contribution in [0.5, 0.6) is 0 Å². The maximum Gasteiger partial charge on any atom is 0.308 e. The van der Waals surface area contributed by atoms with Crippen molar-refractivity contribution >= 4 is 14.3 Å². The van der Waals surface area contributed by atoms with Crippen LogP contribution in [-0.4, -0.2) is 37.7 Å². The monoisotopic (exact) mass is 468 g/mol. The van der Waals surface area contributed by atoms with E-state index in [-0.39, 0.29) is 23.5 Å². The minimum atomic E-state index is -1.86. The first-order chi connectivity index (χ1) is 14.9. The molecule has 0 aromatic rings. The molecular formula is C27H52O4Si. The molecule has 0 amide bonds. The highest BCUT2D eigenvalue weighted by Crippen LogP contribution is 2.39. The van der Waals surface area contributed by atoms with Gasteiger partial charge in [-0.2, -0.15) is 0 Å². The third-order valence-electron chi connectivity index (χ3n) is 7.33. The molecular weight excluding hydrogens is 416 g/mol. The lowest BCUT2D eigenvalue weighted by atomic mass is 9.76. The van der Waals surface area contributed by atoms with Crippen LogP contribution >= 0.6 is 0 Å². The third-order valence-corrected chi connectivity index (χ3v) is 11.8. The molecule has 4 nitrogen and oxygen atoms in total. The summed E-state index contributed by atoms with van der Waals surface area (Å²) in [6, 6.07) is 0. The highest BCUT2D eigenvalue weighted by atomic mass is 28.4. The Bertz CT molecular complexity index is 566. The summed E-state index contributed by atoms with van der Waals surface area (Å²) in [5.41, 5.74) is -0.936. The number of aliphatic hydroxyl groups is 1. The smallest absolute Gasteiger partial charge is 0.308 e. The van der Waals surface area contributed by atoms with E-state index in [4.69, 9.17) is 9.16 Å². The van der Waals surface area contributed by atoms with Crippen LogP contribution in [0.15, 0.2) is 12.2 Å². The Morgan fingerprint density at radius 3 is 2.44 bits per heavy atom. The molecule has 0 radical (unpaired) electrons. The number of hydrogen-bond donors (Lipinski definition) is 1. The fourth-order valence-electron chi connectivity index (χ4n) is 4.35. The van der Waals surface area contributed by atoms with Crippen LogP contribution in [0.2, 0.25) is 18.1 Å². The molecule has 5 heteroatoms. The lowest BCUT2D eigenvalue weighted by Gasteiger charge is -2.39. The summed E-state index contributed by atoms with van der Waals surface area (Å²) >= 11 is 0. The van der Waals surface area contributed by atoms with Gasteiger partial charge in [0.05, 0.1) is 24.7 Å². The number of carbonyl (C=O) groups is 1. The van der Waals surface area contributed by atoms with E-state index in [9.17, 15) is 9.90 Å². The predicted molar refractivity (Wildman–Crippen MR) is 137 cm³/mol. The maximum absolute atomic E-state index is 11.9. The molecule has 0 spiro atoms. The van der Waals surface area contributed by atoms with Gasteiger partial charge >= 0.3 is 5.97 Å². The number of esters is 1. The van der Waals surface area contributed by atoms with Gasteiger partial charge in [-0.1, -0.05) is 78.4 Å².